The molecule has 1 aromatic heterocycles. The molecule has 16 heavy (non-hydrogen) atoms. The fraction of sp³-hybridized carbons (Fsp3) is 0.636. The first kappa shape index (κ1) is 12.7. The lowest BCUT2D eigenvalue weighted by Gasteiger charge is -2.25. The Hall–Kier alpha value is -1.36. The van der Waals surface area contributed by atoms with E-state index in [0.717, 1.165) is 12.0 Å². The molecular weight excluding hydrogens is 204 g/mol. The van der Waals surface area contributed by atoms with E-state index in [2.05, 4.69) is 15.5 Å². The Bertz CT molecular complexity index is 364. The van der Waals surface area contributed by atoms with Gasteiger partial charge in [-0.15, -0.1) is 0 Å². The molecule has 1 aromatic rings. The topological polar surface area (TPSA) is 83.8 Å². The van der Waals surface area contributed by atoms with Crippen LogP contribution in [0.1, 0.15) is 33.3 Å². The first-order chi connectivity index (χ1) is 7.36. The maximum absolute atomic E-state index is 11.8. The van der Waals surface area contributed by atoms with Crippen molar-refractivity contribution in [1.29, 1.82) is 0 Å². The minimum absolute atomic E-state index is 0.188. The highest BCUT2D eigenvalue weighted by Crippen LogP contribution is 2.19. The molecule has 0 aliphatic carbocycles. The van der Waals surface area contributed by atoms with Crippen molar-refractivity contribution in [2.75, 3.05) is 5.32 Å². The number of carbonyl (C=O) groups is 1. The van der Waals surface area contributed by atoms with Gasteiger partial charge in [0.2, 0.25) is 5.91 Å². The molecule has 0 radical (unpaired) electrons. The van der Waals surface area contributed by atoms with Gasteiger partial charge in [0, 0.05) is 5.56 Å². The van der Waals surface area contributed by atoms with Crippen molar-refractivity contribution < 1.29 is 4.79 Å². The summed E-state index contributed by atoms with van der Waals surface area (Å²) in [6.07, 6.45) is 2.52. The minimum Gasteiger partial charge on any atom is -0.319 e. The van der Waals surface area contributed by atoms with Gasteiger partial charge in [-0.05, 0) is 11.8 Å². The lowest BCUT2D eigenvalue weighted by molar-refractivity contribution is -0.119. The zero-order valence-corrected chi connectivity index (χ0v) is 10.3. The summed E-state index contributed by atoms with van der Waals surface area (Å²) in [6.45, 7) is 7.81. The Labute approximate surface area is 95.8 Å². The van der Waals surface area contributed by atoms with Gasteiger partial charge < -0.3 is 11.1 Å². The highest BCUT2D eigenvalue weighted by atomic mass is 16.2. The van der Waals surface area contributed by atoms with Gasteiger partial charge in [-0.25, -0.2) is 0 Å². The van der Waals surface area contributed by atoms with E-state index in [-0.39, 0.29) is 11.3 Å². The van der Waals surface area contributed by atoms with Gasteiger partial charge in [-0.2, -0.15) is 5.10 Å². The largest absolute Gasteiger partial charge is 0.319 e. The Morgan fingerprint density at radius 1 is 1.62 bits per heavy atom. The third-order valence-electron chi connectivity index (χ3n) is 2.56. The summed E-state index contributed by atoms with van der Waals surface area (Å²) in [4.78, 5) is 11.8. The van der Waals surface area contributed by atoms with Crippen LogP contribution in [0.5, 0.6) is 0 Å². The molecule has 1 heterocycles. The third kappa shape index (κ3) is 2.82. The second kappa shape index (κ2) is 4.65. The van der Waals surface area contributed by atoms with Crippen molar-refractivity contribution in [3.05, 3.63) is 11.8 Å². The van der Waals surface area contributed by atoms with Crippen LogP contribution in [-0.4, -0.2) is 22.1 Å². The number of anilines is 1. The van der Waals surface area contributed by atoms with Crippen LogP contribution in [0.4, 0.5) is 5.82 Å². The molecule has 0 saturated carbocycles. The van der Waals surface area contributed by atoms with Crippen LogP contribution in [0, 0.1) is 5.41 Å². The highest BCUT2D eigenvalue weighted by molar-refractivity contribution is 5.94. The summed E-state index contributed by atoms with van der Waals surface area (Å²) in [5.41, 5.74) is 6.58. The molecule has 1 amide bonds. The van der Waals surface area contributed by atoms with Gasteiger partial charge in [0.15, 0.2) is 0 Å². The Kier molecular flexibility index (Phi) is 3.70. The van der Waals surface area contributed by atoms with Crippen molar-refractivity contribution in [1.82, 2.24) is 10.2 Å². The predicted molar refractivity (Wildman–Crippen MR) is 64.0 cm³/mol. The van der Waals surface area contributed by atoms with Crippen LogP contribution < -0.4 is 11.1 Å². The van der Waals surface area contributed by atoms with Gasteiger partial charge in [0.25, 0.3) is 0 Å². The van der Waals surface area contributed by atoms with Gasteiger partial charge in [-0.1, -0.05) is 27.7 Å². The maximum atomic E-state index is 11.8. The van der Waals surface area contributed by atoms with E-state index in [1.807, 2.05) is 27.7 Å². The molecule has 0 aliphatic heterocycles. The van der Waals surface area contributed by atoms with Crippen molar-refractivity contribution in [2.45, 2.75) is 40.2 Å². The molecular formula is C11H20N4O. The van der Waals surface area contributed by atoms with Gasteiger partial charge in [-0.3, -0.25) is 9.89 Å². The predicted octanol–water partition coefficient (Wildman–Crippen LogP) is 1.28. The van der Waals surface area contributed by atoms with E-state index >= 15 is 0 Å². The Morgan fingerprint density at radius 3 is 2.75 bits per heavy atom. The van der Waals surface area contributed by atoms with Crippen LogP contribution in [0.25, 0.3) is 0 Å². The number of nitrogens with one attached hydrogen (secondary N) is 2. The fourth-order valence-electron chi connectivity index (χ4n) is 1.28. The highest BCUT2D eigenvalue weighted by Gasteiger charge is 2.27. The number of carbonyl (C=O) groups excluding carboxylic acids is 1. The summed E-state index contributed by atoms with van der Waals surface area (Å²) in [6, 6.07) is -0.541. The summed E-state index contributed by atoms with van der Waals surface area (Å²) in [5.74, 6) is 0.457. The molecule has 0 aromatic carbocycles. The molecule has 90 valence electrons. The van der Waals surface area contributed by atoms with Crippen LogP contribution >= 0.6 is 0 Å². The van der Waals surface area contributed by atoms with Gasteiger partial charge >= 0.3 is 0 Å². The molecule has 0 unspecified atom stereocenters. The number of hydrogen-bond acceptors (Lipinski definition) is 3. The van der Waals surface area contributed by atoms with Crippen LogP contribution in [0.2, 0.25) is 0 Å². The van der Waals surface area contributed by atoms with Gasteiger partial charge in [0.05, 0.1) is 12.2 Å². The Morgan fingerprint density at radius 2 is 2.25 bits per heavy atom. The zero-order valence-electron chi connectivity index (χ0n) is 10.3. The van der Waals surface area contributed by atoms with Crippen molar-refractivity contribution in [3.63, 3.8) is 0 Å². The Balaban J connectivity index is 2.72. The van der Waals surface area contributed by atoms with Crippen molar-refractivity contribution in [3.8, 4) is 0 Å². The van der Waals surface area contributed by atoms with E-state index in [9.17, 15) is 4.79 Å². The monoisotopic (exact) mass is 224 g/mol. The lowest BCUT2D eigenvalue weighted by atomic mass is 9.87. The number of H-pyrrole nitrogens is 1. The number of aryl methyl sites for hydroxylation is 1. The zero-order chi connectivity index (χ0) is 12.3. The molecule has 1 rings (SSSR count). The first-order valence-corrected chi connectivity index (χ1v) is 5.45. The van der Waals surface area contributed by atoms with Gasteiger partial charge in [0.1, 0.15) is 5.82 Å². The molecule has 0 bridgehead atoms. The second-order valence-electron chi connectivity index (χ2n) is 4.96. The number of aromatic amines is 1. The normalized spacial score (nSPS) is 13.6. The average Bonchev–Trinajstić information content (AvgIpc) is 2.62. The molecule has 4 N–H and O–H groups in total. The number of nitrogens with zero attached hydrogens (tertiary/aromatic N) is 1. The maximum Gasteiger partial charge on any atom is 0.242 e. The smallest absolute Gasteiger partial charge is 0.242 e. The number of rotatable bonds is 3. The second-order valence-corrected chi connectivity index (χ2v) is 4.96. The molecule has 0 aliphatic rings. The number of amides is 1. The quantitative estimate of drug-likeness (QED) is 0.723. The first-order valence-electron chi connectivity index (χ1n) is 5.45. The van der Waals surface area contributed by atoms with E-state index in [0.29, 0.717) is 5.82 Å². The average molecular weight is 224 g/mol. The van der Waals surface area contributed by atoms with E-state index < -0.39 is 6.04 Å². The van der Waals surface area contributed by atoms with Crippen molar-refractivity contribution in [2.24, 2.45) is 11.1 Å². The minimum atomic E-state index is -0.541. The summed E-state index contributed by atoms with van der Waals surface area (Å²) >= 11 is 0. The molecule has 5 nitrogen and oxygen atoms in total. The van der Waals surface area contributed by atoms with E-state index in [1.165, 1.54) is 0 Å². The lowest BCUT2D eigenvalue weighted by Crippen LogP contribution is -2.45. The van der Waals surface area contributed by atoms with E-state index in [1.54, 1.807) is 6.20 Å². The van der Waals surface area contributed by atoms with Crippen LogP contribution in [-0.2, 0) is 11.2 Å². The molecule has 0 spiro atoms. The fourth-order valence-corrected chi connectivity index (χ4v) is 1.28. The molecule has 5 heteroatoms. The standard InChI is InChI=1S/C11H20N4O/c1-5-7-6-13-15-9(7)14-10(16)8(12)11(2,3)4/h6,8H,5,12H2,1-4H3,(H2,13,14,15,16)/t8-/m1/s1. The number of hydrogen-bond donors (Lipinski definition) is 3. The van der Waals surface area contributed by atoms with Crippen LogP contribution in [0.15, 0.2) is 6.20 Å². The number of aromatic nitrogens is 2. The molecule has 0 saturated heterocycles. The SMILES string of the molecule is CCc1cn[nH]c1NC(=O)[C@@H](N)C(C)(C)C. The van der Waals surface area contributed by atoms with Crippen LogP contribution in [0.3, 0.4) is 0 Å². The third-order valence-corrected chi connectivity index (χ3v) is 2.56. The molecule has 0 fully saturated rings. The van der Waals surface area contributed by atoms with E-state index in [4.69, 9.17) is 5.73 Å². The summed E-state index contributed by atoms with van der Waals surface area (Å²) in [7, 11) is 0. The summed E-state index contributed by atoms with van der Waals surface area (Å²) in [5, 5.41) is 9.41. The molecule has 1 atom stereocenters. The summed E-state index contributed by atoms with van der Waals surface area (Å²) < 4.78 is 0. The van der Waals surface area contributed by atoms with Crippen molar-refractivity contribution >= 4 is 11.7 Å². The number of nitrogens with two attached hydrogens (primary N) is 1.